The molecule has 24 nitrogen and oxygen atoms in total. The summed E-state index contributed by atoms with van der Waals surface area (Å²) in [6, 6.07) is -0.722. The Morgan fingerprint density at radius 3 is 0.721 bits per heavy atom. The van der Waals surface area contributed by atoms with E-state index in [2.05, 4.69) is 5.32 Å². The van der Waals surface area contributed by atoms with Gasteiger partial charge in [-0.15, -0.1) is 0 Å². The fourth-order valence-corrected chi connectivity index (χ4v) is 4.71. The summed E-state index contributed by atoms with van der Waals surface area (Å²) < 4.78 is 0. The monoisotopic (exact) mass is 868 g/mol. The van der Waals surface area contributed by atoms with Crippen LogP contribution in [0.25, 0.3) is 0 Å². The van der Waals surface area contributed by atoms with E-state index in [0.717, 1.165) is 44.1 Å². The lowest BCUT2D eigenvalue weighted by molar-refractivity contribution is -0.146. The molecule has 0 heterocycles. The van der Waals surface area contributed by atoms with Crippen molar-refractivity contribution in [2.75, 3.05) is 142 Å². The molecule has 0 aliphatic heterocycles. The van der Waals surface area contributed by atoms with Crippen molar-refractivity contribution in [3.8, 4) is 0 Å². The van der Waals surface area contributed by atoms with Crippen LogP contribution in [0.4, 0.5) is 0 Å². The number of hydrogen-bond acceptors (Lipinski definition) is 13. The molecule has 0 aromatic rings. The zero-order valence-corrected chi connectivity index (χ0v) is 37.5. The summed E-state index contributed by atoms with van der Waals surface area (Å²) in [5.41, 5.74) is 5.37. The molecule has 0 aliphatic rings. The number of ketones is 1. The second-order valence-electron chi connectivity index (χ2n) is 14.9. The van der Waals surface area contributed by atoms with Gasteiger partial charge in [0, 0.05) is 83.4 Å². The number of rotatable bonds is 24. The Labute approximate surface area is 356 Å². The van der Waals surface area contributed by atoms with Gasteiger partial charge in [0.05, 0.1) is 71.5 Å². The van der Waals surface area contributed by atoms with Gasteiger partial charge in [-0.05, 0) is 13.8 Å². The molecule has 0 radical (unpaired) electrons. The van der Waals surface area contributed by atoms with Crippen LogP contribution in [-0.2, 0) is 57.5 Å². The molecule has 24 heteroatoms. The summed E-state index contributed by atoms with van der Waals surface area (Å²) in [5, 5.41) is 2.45. The Kier molecular flexibility index (Phi) is 23.5. The molecule has 1 atom stereocenters. The lowest BCUT2D eigenvalue weighted by Crippen LogP contribution is -2.49. The maximum atomic E-state index is 12.9. The zero-order valence-electron chi connectivity index (χ0n) is 37.5. The lowest BCUT2D eigenvalue weighted by atomic mass is 10.2. The normalized spacial score (nSPS) is 10.9. The fourth-order valence-electron chi connectivity index (χ4n) is 4.71. The van der Waals surface area contributed by atoms with Crippen molar-refractivity contribution < 1.29 is 57.5 Å². The van der Waals surface area contributed by atoms with Gasteiger partial charge in [0.15, 0.2) is 5.78 Å². The number of carbonyl (C=O) groups is 12. The third kappa shape index (κ3) is 20.1. The maximum absolute atomic E-state index is 12.9. The summed E-state index contributed by atoms with van der Waals surface area (Å²) >= 11 is 0. The molecule has 11 amide bonds. The van der Waals surface area contributed by atoms with Gasteiger partial charge < -0.3 is 60.0 Å². The molecule has 0 aromatic carbocycles. The second kappa shape index (κ2) is 26.1. The predicted octanol–water partition coefficient (Wildman–Crippen LogP) is -5.99. The van der Waals surface area contributed by atoms with Crippen LogP contribution in [0.3, 0.4) is 0 Å². The molecule has 0 spiro atoms. The topological polar surface area (TPSA) is 275 Å². The number of carbonyl (C=O) groups excluding carboxylic acids is 12. The van der Waals surface area contributed by atoms with Crippen molar-refractivity contribution in [2.45, 2.75) is 26.3 Å². The smallest absolute Gasteiger partial charge is 0.242 e. The summed E-state index contributed by atoms with van der Waals surface area (Å²) in [7, 11) is 13.5. The van der Waals surface area contributed by atoms with E-state index in [1.165, 1.54) is 89.2 Å². The third-order valence-corrected chi connectivity index (χ3v) is 9.34. The second-order valence-corrected chi connectivity index (χ2v) is 14.9. The number of nitrogens with one attached hydrogen (secondary N) is 1. The Morgan fingerprint density at radius 2 is 0.541 bits per heavy atom. The molecule has 0 saturated heterocycles. The van der Waals surface area contributed by atoms with E-state index in [9.17, 15) is 57.5 Å². The van der Waals surface area contributed by atoms with E-state index in [1.807, 2.05) is 0 Å². The van der Waals surface area contributed by atoms with Gasteiger partial charge in [-0.3, -0.25) is 57.5 Å². The highest BCUT2D eigenvalue weighted by Gasteiger charge is 2.26. The number of hydrogen-bond donors (Lipinski definition) is 2. The molecule has 61 heavy (non-hydrogen) atoms. The van der Waals surface area contributed by atoms with Crippen LogP contribution in [0.15, 0.2) is 0 Å². The van der Waals surface area contributed by atoms with E-state index in [4.69, 9.17) is 5.73 Å². The van der Waals surface area contributed by atoms with Gasteiger partial charge in [-0.2, -0.15) is 0 Å². The molecule has 0 unspecified atom stereocenters. The van der Waals surface area contributed by atoms with Gasteiger partial charge in [0.2, 0.25) is 65.0 Å². The van der Waals surface area contributed by atoms with Gasteiger partial charge in [0.1, 0.15) is 0 Å². The van der Waals surface area contributed by atoms with Gasteiger partial charge >= 0.3 is 0 Å². The Bertz CT molecular complexity index is 1660. The summed E-state index contributed by atoms with van der Waals surface area (Å²) in [6.07, 6.45) is 0.0672. The van der Waals surface area contributed by atoms with Gasteiger partial charge in [-0.25, -0.2) is 0 Å². The number of nitrogens with zero attached hydrogens (tertiary/aromatic N) is 10. The van der Waals surface area contributed by atoms with Crippen molar-refractivity contribution in [3.05, 3.63) is 0 Å². The predicted molar refractivity (Wildman–Crippen MR) is 218 cm³/mol. The van der Waals surface area contributed by atoms with Crippen molar-refractivity contribution in [1.29, 1.82) is 0 Å². The highest BCUT2D eigenvalue weighted by molar-refractivity contribution is 5.94. The molecule has 0 aromatic heterocycles. The van der Waals surface area contributed by atoms with Crippen molar-refractivity contribution in [3.63, 3.8) is 0 Å². The highest BCUT2D eigenvalue weighted by Crippen LogP contribution is 2.01. The average Bonchev–Trinajstić information content (AvgIpc) is 3.16. The summed E-state index contributed by atoms with van der Waals surface area (Å²) in [6.45, 7) is -1.08. The Morgan fingerprint density at radius 1 is 0.361 bits per heavy atom. The Balaban J connectivity index is 4.89. The molecular weight excluding hydrogens is 804 g/mol. The van der Waals surface area contributed by atoms with Crippen LogP contribution in [-0.4, -0.2) is 268 Å². The van der Waals surface area contributed by atoms with Crippen LogP contribution in [0.1, 0.15) is 20.3 Å². The third-order valence-electron chi connectivity index (χ3n) is 9.34. The van der Waals surface area contributed by atoms with Crippen LogP contribution in [0.2, 0.25) is 0 Å². The van der Waals surface area contributed by atoms with Gasteiger partial charge in [-0.1, -0.05) is 0 Å². The van der Waals surface area contributed by atoms with E-state index in [0.29, 0.717) is 0 Å². The quantitative estimate of drug-likeness (QED) is 0.0916. The number of amides is 11. The minimum Gasteiger partial charge on any atom is -0.345 e. The largest absolute Gasteiger partial charge is 0.345 e. The van der Waals surface area contributed by atoms with E-state index < -0.39 is 111 Å². The van der Waals surface area contributed by atoms with E-state index in [-0.39, 0.29) is 44.3 Å². The maximum Gasteiger partial charge on any atom is 0.242 e. The molecule has 0 aliphatic carbocycles. The minimum absolute atomic E-state index is 0.0672. The Hall–Kier alpha value is -6.20. The van der Waals surface area contributed by atoms with Crippen molar-refractivity contribution >= 4 is 70.8 Å². The number of nitrogens with two attached hydrogens (primary N) is 1. The molecular formula is C37H64N12O12. The van der Waals surface area contributed by atoms with E-state index in [1.54, 1.807) is 0 Å². The molecule has 0 rings (SSSR count). The summed E-state index contributed by atoms with van der Waals surface area (Å²) in [5.74, 6) is -6.48. The zero-order chi connectivity index (χ0) is 47.5. The fraction of sp³-hybridized carbons (Fsp3) is 0.676. The van der Waals surface area contributed by atoms with Crippen LogP contribution >= 0.6 is 0 Å². The minimum atomic E-state index is -0.722. The summed E-state index contributed by atoms with van der Waals surface area (Å²) in [4.78, 5) is 161. The first kappa shape index (κ1) is 54.8. The van der Waals surface area contributed by atoms with Crippen molar-refractivity contribution in [1.82, 2.24) is 54.3 Å². The molecule has 0 bridgehead atoms. The van der Waals surface area contributed by atoms with Gasteiger partial charge in [0.25, 0.3) is 0 Å². The first-order valence-corrected chi connectivity index (χ1v) is 19.0. The SMILES string of the molecule is CC(=O)[C@H](C)NC(=O)CN(C)C(=O)CN(C)C(=O)CN(C)C(=O)CN(C)C(=O)CN(C)C(=O)CN(C)C(=O)CN(C)C(=O)CN(C)C(=O)CN(C)C(=O)CN(C)C(=O)CCN. The average molecular weight is 869 g/mol. The first-order valence-electron chi connectivity index (χ1n) is 19.0. The molecule has 0 saturated carbocycles. The van der Waals surface area contributed by atoms with Crippen LogP contribution < -0.4 is 11.1 Å². The lowest BCUT2D eigenvalue weighted by Gasteiger charge is -2.27. The molecule has 3 N–H and O–H groups in total. The van der Waals surface area contributed by atoms with Crippen LogP contribution in [0.5, 0.6) is 0 Å². The van der Waals surface area contributed by atoms with E-state index >= 15 is 0 Å². The van der Waals surface area contributed by atoms with Crippen molar-refractivity contribution in [2.24, 2.45) is 5.73 Å². The first-order chi connectivity index (χ1) is 28.1. The standard InChI is InChI=1S/C37H64N12O12/c1-25(26(2)50)39-27(51)15-40(3)29(53)17-42(5)31(55)19-44(7)33(57)21-46(9)35(59)23-48(11)37(61)24-49(12)36(60)22-47(10)34(58)20-45(8)32(56)18-43(6)30(54)16-41(4)28(52)13-14-38/h25H,13-24,38H2,1-12H3,(H,39,51)/t25-/m0/s1. The molecule has 0 fully saturated rings. The molecule has 344 valence electrons. The highest BCUT2D eigenvalue weighted by atomic mass is 16.2. The number of Topliss-reactive ketones (excluding diaryl/α,β-unsaturated/α-hetero) is 1. The van der Waals surface area contributed by atoms with Crippen LogP contribution in [0, 0.1) is 0 Å². The number of likely N-dealkylation sites (N-methyl/N-ethyl adjacent to an activating group) is 10.